The van der Waals surface area contributed by atoms with Gasteiger partial charge in [0.2, 0.25) is 0 Å². The number of imidazole rings is 1. The van der Waals surface area contributed by atoms with Crippen molar-refractivity contribution in [2.45, 2.75) is 18.0 Å². The molecule has 1 unspecified atom stereocenters. The summed E-state index contributed by atoms with van der Waals surface area (Å²) in [5.74, 6) is 0.959. The van der Waals surface area contributed by atoms with E-state index >= 15 is 0 Å². The Labute approximate surface area is 140 Å². The minimum absolute atomic E-state index is 0.263. The van der Waals surface area contributed by atoms with Gasteiger partial charge in [0.15, 0.2) is 4.90 Å². The number of rotatable bonds is 3. The topological polar surface area (TPSA) is 40.9 Å². The average Bonchev–Trinajstić information content (AvgIpc) is 2.89. The molecule has 1 heterocycles. The molecular formula is C17H15F3N2OS. The van der Waals surface area contributed by atoms with E-state index in [1.54, 1.807) is 35.9 Å². The maximum absolute atomic E-state index is 12.9. The lowest BCUT2D eigenvalue weighted by Gasteiger charge is -2.12. The summed E-state index contributed by atoms with van der Waals surface area (Å²) >= 11 is -1.18. The molecule has 0 fully saturated rings. The van der Waals surface area contributed by atoms with Crippen LogP contribution >= 0.6 is 0 Å². The Hall–Kier alpha value is -1.99. The minimum Gasteiger partial charge on any atom is -0.611 e. The number of halogens is 3. The first kappa shape index (κ1) is 16.9. The van der Waals surface area contributed by atoms with Gasteiger partial charge in [-0.1, -0.05) is 12.1 Å². The number of hydrogen-bond acceptors (Lipinski definition) is 2. The van der Waals surface area contributed by atoms with Gasteiger partial charge in [0.05, 0.1) is 22.2 Å². The highest BCUT2D eigenvalue weighted by Crippen LogP contribution is 2.34. The Bertz CT molecular complexity index is 889. The third-order valence-corrected chi connectivity index (χ3v) is 5.21. The van der Waals surface area contributed by atoms with E-state index in [0.29, 0.717) is 27.6 Å². The predicted octanol–water partition coefficient (Wildman–Crippen LogP) is 4.39. The van der Waals surface area contributed by atoms with Crippen LogP contribution in [0.5, 0.6) is 0 Å². The Morgan fingerprint density at radius 2 is 1.88 bits per heavy atom. The molecule has 3 aromatic rings. The maximum atomic E-state index is 12.9. The van der Waals surface area contributed by atoms with Crippen LogP contribution in [-0.2, 0) is 24.4 Å². The molecule has 0 spiro atoms. The molecule has 0 saturated heterocycles. The van der Waals surface area contributed by atoms with Gasteiger partial charge in [-0.2, -0.15) is 13.2 Å². The zero-order valence-corrected chi connectivity index (χ0v) is 13.9. The highest BCUT2D eigenvalue weighted by atomic mass is 32.2. The number of fused-ring (bicyclic) bond motifs is 1. The lowest BCUT2D eigenvalue weighted by molar-refractivity contribution is -0.137. The van der Waals surface area contributed by atoms with Gasteiger partial charge in [-0.05, 0) is 48.4 Å². The van der Waals surface area contributed by atoms with Crippen LogP contribution in [0.15, 0.2) is 47.4 Å². The molecule has 0 N–H and O–H groups in total. The minimum atomic E-state index is -4.41. The van der Waals surface area contributed by atoms with Crippen LogP contribution in [0.3, 0.4) is 0 Å². The van der Waals surface area contributed by atoms with Crippen LogP contribution < -0.4 is 0 Å². The quantitative estimate of drug-likeness (QED) is 0.656. The van der Waals surface area contributed by atoms with E-state index in [0.717, 1.165) is 12.1 Å². The Kier molecular flexibility index (Phi) is 4.31. The van der Waals surface area contributed by atoms with E-state index in [1.807, 2.05) is 6.92 Å². The molecule has 1 aromatic heterocycles. The summed E-state index contributed by atoms with van der Waals surface area (Å²) in [5, 5.41) is 0. The van der Waals surface area contributed by atoms with E-state index < -0.39 is 22.9 Å². The second-order valence-corrected chi connectivity index (χ2v) is 7.03. The fourth-order valence-electron chi connectivity index (χ4n) is 2.62. The first-order valence-electron chi connectivity index (χ1n) is 7.34. The van der Waals surface area contributed by atoms with E-state index in [9.17, 15) is 17.7 Å². The molecule has 24 heavy (non-hydrogen) atoms. The standard InChI is InChI=1S/C17H15F3N2OS/c1-3-24(23)15-7-5-4-6-12(15)16-21-13-10-11(17(18,19)20)8-9-14(13)22(16)2/h4-10H,3H2,1-2H3. The number of alkyl halides is 3. The summed E-state index contributed by atoms with van der Waals surface area (Å²) < 4.78 is 52.6. The molecule has 0 saturated carbocycles. The summed E-state index contributed by atoms with van der Waals surface area (Å²) in [6.45, 7) is 1.82. The molecule has 0 amide bonds. The molecule has 7 heteroatoms. The molecular weight excluding hydrogens is 337 g/mol. The summed E-state index contributed by atoms with van der Waals surface area (Å²) in [4.78, 5) is 5.00. The van der Waals surface area contributed by atoms with Crippen LogP contribution in [0.25, 0.3) is 22.4 Å². The van der Waals surface area contributed by atoms with Crippen molar-refractivity contribution in [1.29, 1.82) is 0 Å². The van der Waals surface area contributed by atoms with Crippen molar-refractivity contribution in [2.75, 3.05) is 5.75 Å². The van der Waals surface area contributed by atoms with Gasteiger partial charge < -0.3 is 9.12 Å². The largest absolute Gasteiger partial charge is 0.611 e. The molecule has 3 rings (SSSR count). The van der Waals surface area contributed by atoms with Crippen LogP contribution in [-0.4, -0.2) is 19.9 Å². The predicted molar refractivity (Wildman–Crippen MR) is 88.1 cm³/mol. The molecule has 0 aliphatic carbocycles. The lowest BCUT2D eigenvalue weighted by Crippen LogP contribution is -2.07. The number of hydrogen-bond donors (Lipinski definition) is 0. The van der Waals surface area contributed by atoms with Crippen molar-refractivity contribution in [3.05, 3.63) is 48.0 Å². The smallest absolute Gasteiger partial charge is 0.416 e. The van der Waals surface area contributed by atoms with Gasteiger partial charge in [-0.25, -0.2) is 4.98 Å². The second-order valence-electron chi connectivity index (χ2n) is 5.33. The third-order valence-electron chi connectivity index (χ3n) is 3.84. The molecule has 1 atom stereocenters. The summed E-state index contributed by atoms with van der Waals surface area (Å²) in [5.41, 5.74) is 0.796. The lowest BCUT2D eigenvalue weighted by atomic mass is 10.2. The van der Waals surface area contributed by atoms with Gasteiger partial charge >= 0.3 is 6.18 Å². The Morgan fingerprint density at radius 1 is 1.17 bits per heavy atom. The van der Waals surface area contributed by atoms with E-state index in [1.165, 1.54) is 6.07 Å². The molecule has 126 valence electrons. The van der Waals surface area contributed by atoms with E-state index in [-0.39, 0.29) is 5.52 Å². The van der Waals surface area contributed by atoms with Crippen LogP contribution in [0.1, 0.15) is 12.5 Å². The van der Waals surface area contributed by atoms with Crippen LogP contribution in [0, 0.1) is 0 Å². The fourth-order valence-corrected chi connectivity index (χ4v) is 3.57. The SMILES string of the molecule is CC[S+]([O-])c1ccccc1-c1nc2cc(C(F)(F)F)ccc2n1C. The molecule has 2 aromatic carbocycles. The average molecular weight is 352 g/mol. The van der Waals surface area contributed by atoms with Crippen molar-refractivity contribution in [1.82, 2.24) is 9.55 Å². The number of aryl methyl sites for hydroxylation is 1. The summed E-state index contributed by atoms with van der Waals surface area (Å²) in [6, 6.07) is 10.6. The first-order chi connectivity index (χ1) is 11.3. The third kappa shape index (κ3) is 2.89. The van der Waals surface area contributed by atoms with E-state index in [4.69, 9.17) is 0 Å². The zero-order valence-electron chi connectivity index (χ0n) is 13.1. The van der Waals surface area contributed by atoms with Crippen molar-refractivity contribution in [3.63, 3.8) is 0 Å². The highest BCUT2D eigenvalue weighted by molar-refractivity contribution is 7.91. The zero-order chi connectivity index (χ0) is 17.5. The molecule has 0 radical (unpaired) electrons. The van der Waals surface area contributed by atoms with Crippen molar-refractivity contribution in [2.24, 2.45) is 7.05 Å². The second kappa shape index (κ2) is 6.14. The van der Waals surface area contributed by atoms with Crippen molar-refractivity contribution in [3.8, 4) is 11.4 Å². The molecule has 0 bridgehead atoms. The molecule has 3 nitrogen and oxygen atoms in total. The van der Waals surface area contributed by atoms with Gasteiger partial charge in [0.25, 0.3) is 0 Å². The monoisotopic (exact) mass is 352 g/mol. The van der Waals surface area contributed by atoms with Gasteiger partial charge in [0.1, 0.15) is 11.6 Å². The Morgan fingerprint density at radius 3 is 2.54 bits per heavy atom. The fraction of sp³-hybridized carbons (Fsp3) is 0.235. The number of aromatic nitrogens is 2. The summed E-state index contributed by atoms with van der Waals surface area (Å²) in [7, 11) is 1.74. The van der Waals surface area contributed by atoms with Gasteiger partial charge in [-0.15, -0.1) is 0 Å². The van der Waals surface area contributed by atoms with Crippen molar-refractivity contribution >= 4 is 22.2 Å². The maximum Gasteiger partial charge on any atom is 0.416 e. The number of nitrogens with zero attached hydrogens (tertiary/aromatic N) is 2. The summed E-state index contributed by atoms with van der Waals surface area (Å²) in [6.07, 6.45) is -4.41. The normalized spacial score (nSPS) is 13.4. The van der Waals surface area contributed by atoms with Gasteiger partial charge in [-0.3, -0.25) is 0 Å². The van der Waals surface area contributed by atoms with Crippen LogP contribution in [0.2, 0.25) is 0 Å². The van der Waals surface area contributed by atoms with E-state index in [2.05, 4.69) is 4.98 Å². The molecule has 0 aliphatic rings. The first-order valence-corrected chi connectivity index (χ1v) is 8.66. The highest BCUT2D eigenvalue weighted by Gasteiger charge is 2.31. The van der Waals surface area contributed by atoms with Gasteiger partial charge in [0, 0.05) is 7.05 Å². The Balaban J connectivity index is 2.20. The number of benzene rings is 2. The van der Waals surface area contributed by atoms with Crippen molar-refractivity contribution < 1.29 is 17.7 Å². The molecule has 0 aliphatic heterocycles. The van der Waals surface area contributed by atoms with Crippen LogP contribution in [0.4, 0.5) is 13.2 Å².